The van der Waals surface area contributed by atoms with E-state index in [-0.39, 0.29) is 28.9 Å². The molecular formula is C17H23NO7S. The quantitative estimate of drug-likeness (QED) is 0.703. The van der Waals surface area contributed by atoms with E-state index in [1.54, 1.807) is 0 Å². The highest BCUT2D eigenvalue weighted by atomic mass is 32.2. The number of aromatic hydroxyl groups is 2. The number of hydrogen-bond acceptors (Lipinski definition) is 7. The van der Waals surface area contributed by atoms with E-state index in [4.69, 9.17) is 4.74 Å². The van der Waals surface area contributed by atoms with Crippen molar-refractivity contribution in [3.05, 3.63) is 23.8 Å². The van der Waals surface area contributed by atoms with Crippen LogP contribution in [0, 0.1) is 0 Å². The number of hydrogen-bond donors (Lipinski definition) is 2. The highest BCUT2D eigenvalue weighted by Crippen LogP contribution is 2.24. The van der Waals surface area contributed by atoms with Crippen molar-refractivity contribution < 1.29 is 33.0 Å². The van der Waals surface area contributed by atoms with Crippen LogP contribution in [-0.2, 0) is 19.4 Å². The summed E-state index contributed by atoms with van der Waals surface area (Å²) in [6.45, 7) is 3.14. The van der Waals surface area contributed by atoms with Crippen LogP contribution in [0.5, 0.6) is 11.5 Å². The maximum atomic E-state index is 12.6. The summed E-state index contributed by atoms with van der Waals surface area (Å²) >= 11 is 0. The zero-order valence-corrected chi connectivity index (χ0v) is 15.5. The van der Waals surface area contributed by atoms with Gasteiger partial charge in [-0.2, -0.15) is 0 Å². The summed E-state index contributed by atoms with van der Waals surface area (Å²) in [5.41, 5.74) is -0.172. The van der Waals surface area contributed by atoms with Gasteiger partial charge in [0, 0.05) is 18.2 Å². The van der Waals surface area contributed by atoms with E-state index < -0.39 is 40.1 Å². The van der Waals surface area contributed by atoms with Crippen LogP contribution in [0.15, 0.2) is 18.2 Å². The number of phenolic OH excluding ortho intramolecular Hbond substituents is 2. The molecule has 2 N–H and O–H groups in total. The Balaban J connectivity index is 2.06. The lowest BCUT2D eigenvalue weighted by molar-refractivity contribution is -0.138. The van der Waals surface area contributed by atoms with E-state index >= 15 is 0 Å². The third-order valence-corrected chi connectivity index (χ3v) is 6.23. The lowest BCUT2D eigenvalue weighted by atomic mass is 10.1. The van der Waals surface area contributed by atoms with Gasteiger partial charge in [0.2, 0.25) is 0 Å². The molecule has 1 heterocycles. The molecule has 9 heteroatoms. The summed E-state index contributed by atoms with van der Waals surface area (Å²) in [4.78, 5) is 26.1. The van der Waals surface area contributed by atoms with Gasteiger partial charge in [0.1, 0.15) is 17.1 Å². The summed E-state index contributed by atoms with van der Waals surface area (Å²) in [7, 11) is -3.16. The van der Waals surface area contributed by atoms with Gasteiger partial charge < -0.3 is 19.8 Å². The summed E-state index contributed by atoms with van der Waals surface area (Å²) < 4.78 is 28.4. The second-order valence-corrected chi connectivity index (χ2v) is 8.62. The fraction of sp³-hybridized carbons (Fsp3) is 0.529. The number of phenols is 2. The van der Waals surface area contributed by atoms with Crippen LogP contribution in [0.1, 0.15) is 37.0 Å². The molecule has 8 nitrogen and oxygen atoms in total. The summed E-state index contributed by atoms with van der Waals surface area (Å²) in [5.74, 6) is -2.09. The van der Waals surface area contributed by atoms with Crippen molar-refractivity contribution in [3.63, 3.8) is 0 Å². The molecule has 26 heavy (non-hydrogen) atoms. The Bertz CT molecular complexity index is 790. The first-order valence-corrected chi connectivity index (χ1v) is 10.2. The lowest BCUT2D eigenvalue weighted by Gasteiger charge is -2.33. The topological polar surface area (TPSA) is 121 Å². The van der Waals surface area contributed by atoms with Crippen LogP contribution in [0.4, 0.5) is 0 Å². The molecule has 0 radical (unpaired) electrons. The molecule has 0 spiro atoms. The van der Waals surface area contributed by atoms with E-state index in [0.29, 0.717) is 12.8 Å². The molecule has 0 saturated carbocycles. The molecular weight excluding hydrogens is 362 g/mol. The number of carbonyl (C=O) groups is 2. The smallest absolute Gasteiger partial charge is 0.342 e. The number of nitrogens with zero attached hydrogens (tertiary/aromatic N) is 1. The zero-order chi connectivity index (χ0) is 19.5. The fourth-order valence-corrected chi connectivity index (χ4v) is 4.68. The molecule has 2 rings (SSSR count). The number of carbonyl (C=O) groups excluding carboxylic acids is 2. The molecule has 1 aliphatic rings. The molecule has 1 amide bonds. The van der Waals surface area contributed by atoms with Gasteiger partial charge in [-0.3, -0.25) is 4.79 Å². The van der Waals surface area contributed by atoms with Crippen LogP contribution >= 0.6 is 0 Å². The predicted octanol–water partition coefficient (Wildman–Crippen LogP) is 1.07. The number of sulfone groups is 1. The highest BCUT2D eigenvalue weighted by Gasteiger charge is 2.36. The molecule has 1 aromatic rings. The Morgan fingerprint density at radius 1 is 1.35 bits per heavy atom. The number of benzene rings is 1. The molecule has 0 bridgehead atoms. The standard InChI is InChI=1S/C17H23NO7S/c1-3-11(2)18(12-6-7-26(23,24)10-12)16(21)9-25-17(22)14-5-4-13(19)8-15(14)20/h4-5,8,11-12,19-20H,3,6-7,9-10H2,1-2H3/t11-,12+/m1/s1. The lowest BCUT2D eigenvalue weighted by Crippen LogP contribution is -2.48. The molecule has 2 atom stereocenters. The number of esters is 1. The average molecular weight is 385 g/mol. The van der Waals surface area contributed by atoms with Crippen molar-refractivity contribution in [1.82, 2.24) is 4.90 Å². The first-order valence-electron chi connectivity index (χ1n) is 8.35. The Labute approximate surface area is 152 Å². The Kier molecular flexibility index (Phi) is 6.12. The molecule has 0 unspecified atom stereocenters. The van der Waals surface area contributed by atoms with Crippen LogP contribution in [0.2, 0.25) is 0 Å². The molecule has 1 fully saturated rings. The minimum Gasteiger partial charge on any atom is -0.508 e. The fourth-order valence-electron chi connectivity index (χ4n) is 2.97. The summed E-state index contributed by atoms with van der Waals surface area (Å²) in [6, 6.07) is 2.78. The SMILES string of the molecule is CC[C@@H](C)N(C(=O)COC(=O)c1ccc(O)cc1O)[C@H]1CCS(=O)(=O)C1. The maximum absolute atomic E-state index is 12.6. The molecule has 0 aliphatic carbocycles. The maximum Gasteiger partial charge on any atom is 0.342 e. The van der Waals surface area contributed by atoms with Gasteiger partial charge >= 0.3 is 5.97 Å². The monoisotopic (exact) mass is 385 g/mol. The van der Waals surface area contributed by atoms with Crippen molar-refractivity contribution in [3.8, 4) is 11.5 Å². The van der Waals surface area contributed by atoms with Crippen LogP contribution in [-0.4, -0.2) is 65.6 Å². The van der Waals surface area contributed by atoms with Gasteiger partial charge in [-0.15, -0.1) is 0 Å². The number of ether oxygens (including phenoxy) is 1. The highest BCUT2D eigenvalue weighted by molar-refractivity contribution is 7.91. The molecule has 1 saturated heterocycles. The minimum atomic E-state index is -3.16. The summed E-state index contributed by atoms with van der Waals surface area (Å²) in [6.07, 6.45) is 1.00. The minimum absolute atomic E-state index is 0.0407. The van der Waals surface area contributed by atoms with E-state index in [2.05, 4.69) is 0 Å². The van der Waals surface area contributed by atoms with Crippen molar-refractivity contribution in [2.75, 3.05) is 18.1 Å². The molecule has 1 aromatic carbocycles. The Morgan fingerprint density at radius 3 is 2.58 bits per heavy atom. The molecule has 1 aliphatic heterocycles. The van der Waals surface area contributed by atoms with E-state index in [9.17, 15) is 28.2 Å². The van der Waals surface area contributed by atoms with E-state index in [1.807, 2.05) is 13.8 Å². The van der Waals surface area contributed by atoms with Crippen LogP contribution in [0.25, 0.3) is 0 Å². The number of rotatable bonds is 6. The van der Waals surface area contributed by atoms with Crippen molar-refractivity contribution in [1.29, 1.82) is 0 Å². The van der Waals surface area contributed by atoms with E-state index in [0.717, 1.165) is 6.07 Å². The normalized spacial score (nSPS) is 19.7. The van der Waals surface area contributed by atoms with Gasteiger partial charge in [0.05, 0.1) is 11.5 Å². The second-order valence-electron chi connectivity index (χ2n) is 6.39. The van der Waals surface area contributed by atoms with Crippen molar-refractivity contribution >= 4 is 21.7 Å². The summed E-state index contributed by atoms with van der Waals surface area (Å²) in [5, 5.41) is 18.9. The Hall–Kier alpha value is -2.29. The van der Waals surface area contributed by atoms with Gasteiger partial charge in [0.25, 0.3) is 5.91 Å². The molecule has 0 aromatic heterocycles. The first-order chi connectivity index (χ1) is 12.1. The zero-order valence-electron chi connectivity index (χ0n) is 14.7. The van der Waals surface area contributed by atoms with Gasteiger partial charge in [-0.1, -0.05) is 6.92 Å². The van der Waals surface area contributed by atoms with Crippen LogP contribution < -0.4 is 0 Å². The first kappa shape index (κ1) is 20.0. The molecule has 144 valence electrons. The van der Waals surface area contributed by atoms with Gasteiger partial charge in [-0.05, 0) is 31.9 Å². The van der Waals surface area contributed by atoms with Gasteiger partial charge in [0.15, 0.2) is 16.4 Å². The third kappa shape index (κ3) is 4.66. The average Bonchev–Trinajstić information content (AvgIpc) is 2.92. The second kappa shape index (κ2) is 7.94. The Morgan fingerprint density at radius 2 is 2.04 bits per heavy atom. The van der Waals surface area contributed by atoms with Crippen molar-refractivity contribution in [2.24, 2.45) is 0 Å². The van der Waals surface area contributed by atoms with E-state index in [1.165, 1.54) is 17.0 Å². The van der Waals surface area contributed by atoms with Gasteiger partial charge in [-0.25, -0.2) is 13.2 Å². The largest absolute Gasteiger partial charge is 0.508 e. The number of amides is 1. The van der Waals surface area contributed by atoms with Crippen molar-refractivity contribution in [2.45, 2.75) is 38.8 Å². The third-order valence-electron chi connectivity index (χ3n) is 4.48. The predicted molar refractivity (Wildman–Crippen MR) is 93.7 cm³/mol. The van der Waals surface area contributed by atoms with Crippen LogP contribution in [0.3, 0.4) is 0 Å².